The van der Waals surface area contributed by atoms with Crippen LogP contribution < -0.4 is 0 Å². The number of thioether (sulfide) groups is 1. The SMILES string of the molecule is Cn1c(CSc2ccccc2)c(C(=O)O)c2cc(O)c(Br)cc21. The lowest BCUT2D eigenvalue weighted by molar-refractivity contribution is 0.0698. The van der Waals surface area contributed by atoms with Gasteiger partial charge in [0, 0.05) is 28.8 Å². The van der Waals surface area contributed by atoms with E-state index in [9.17, 15) is 15.0 Å². The third-order valence-electron chi connectivity index (χ3n) is 3.72. The molecule has 1 heterocycles. The zero-order chi connectivity index (χ0) is 16.6. The third kappa shape index (κ3) is 2.96. The van der Waals surface area contributed by atoms with E-state index in [1.165, 1.54) is 6.07 Å². The van der Waals surface area contributed by atoms with Crippen LogP contribution in [0, 0.1) is 0 Å². The van der Waals surface area contributed by atoms with E-state index in [1.54, 1.807) is 17.8 Å². The van der Waals surface area contributed by atoms with Crippen molar-refractivity contribution in [1.29, 1.82) is 0 Å². The van der Waals surface area contributed by atoms with Crippen molar-refractivity contribution in [3.05, 3.63) is 58.2 Å². The zero-order valence-electron chi connectivity index (χ0n) is 12.3. The first-order valence-corrected chi connectivity index (χ1v) is 8.68. The fourth-order valence-corrected chi connectivity index (χ4v) is 3.90. The summed E-state index contributed by atoms with van der Waals surface area (Å²) in [4.78, 5) is 12.8. The Labute approximate surface area is 145 Å². The lowest BCUT2D eigenvalue weighted by atomic mass is 10.1. The van der Waals surface area contributed by atoms with E-state index in [1.807, 2.05) is 41.9 Å². The third-order valence-corrected chi connectivity index (χ3v) is 5.38. The summed E-state index contributed by atoms with van der Waals surface area (Å²) in [7, 11) is 1.85. The van der Waals surface area contributed by atoms with Gasteiger partial charge in [-0.05, 0) is 40.2 Å². The van der Waals surface area contributed by atoms with Crippen LogP contribution in [0.1, 0.15) is 16.1 Å². The number of phenolic OH excluding ortho intramolecular Hbond substituents is 1. The fourth-order valence-electron chi connectivity index (χ4n) is 2.57. The molecule has 1 aromatic heterocycles. The number of hydrogen-bond donors (Lipinski definition) is 2. The van der Waals surface area contributed by atoms with Crippen LogP contribution in [0.4, 0.5) is 0 Å². The van der Waals surface area contributed by atoms with E-state index < -0.39 is 5.97 Å². The minimum Gasteiger partial charge on any atom is -0.507 e. The molecule has 0 atom stereocenters. The molecule has 0 bridgehead atoms. The Bertz CT molecular complexity index is 890. The van der Waals surface area contributed by atoms with Crippen LogP contribution in [-0.4, -0.2) is 20.7 Å². The molecule has 0 aliphatic heterocycles. The number of carboxylic acids is 1. The monoisotopic (exact) mass is 391 g/mol. The molecule has 0 aliphatic rings. The number of aromatic carboxylic acids is 1. The summed E-state index contributed by atoms with van der Waals surface area (Å²) >= 11 is 4.87. The Hall–Kier alpha value is -1.92. The maximum absolute atomic E-state index is 11.7. The average molecular weight is 392 g/mol. The molecular weight excluding hydrogens is 378 g/mol. The normalized spacial score (nSPS) is 11.0. The number of phenols is 1. The number of rotatable bonds is 4. The maximum Gasteiger partial charge on any atom is 0.338 e. The minimum absolute atomic E-state index is 0.0351. The molecule has 0 radical (unpaired) electrons. The van der Waals surface area contributed by atoms with Crippen molar-refractivity contribution in [1.82, 2.24) is 4.57 Å². The molecule has 0 aliphatic carbocycles. The second-order valence-corrected chi connectivity index (χ2v) is 7.01. The second-order valence-electron chi connectivity index (χ2n) is 5.11. The molecule has 0 amide bonds. The fraction of sp³-hybridized carbons (Fsp3) is 0.118. The van der Waals surface area contributed by atoms with Gasteiger partial charge in [-0.2, -0.15) is 0 Å². The van der Waals surface area contributed by atoms with E-state index in [2.05, 4.69) is 15.9 Å². The summed E-state index contributed by atoms with van der Waals surface area (Å²) in [5.41, 5.74) is 1.74. The standard InChI is InChI=1S/C17H14BrNO3S/c1-19-13-8-12(18)15(20)7-11(13)16(17(21)22)14(19)9-23-10-5-3-2-4-6-10/h2-8,20H,9H2,1H3,(H,21,22). The molecular formula is C17H14BrNO3S. The number of aromatic nitrogens is 1. The number of benzene rings is 2. The van der Waals surface area contributed by atoms with Crippen molar-refractivity contribution in [3.8, 4) is 5.75 Å². The number of carboxylic acid groups (broad SMARTS) is 1. The highest BCUT2D eigenvalue weighted by Gasteiger charge is 2.22. The Morgan fingerprint density at radius 3 is 2.61 bits per heavy atom. The van der Waals surface area contributed by atoms with Gasteiger partial charge in [0.15, 0.2) is 0 Å². The van der Waals surface area contributed by atoms with Gasteiger partial charge in [0.05, 0.1) is 15.6 Å². The molecule has 2 aromatic carbocycles. The van der Waals surface area contributed by atoms with Crippen molar-refractivity contribution in [3.63, 3.8) is 0 Å². The Morgan fingerprint density at radius 2 is 1.96 bits per heavy atom. The molecule has 0 spiro atoms. The quantitative estimate of drug-likeness (QED) is 0.636. The number of aryl methyl sites for hydroxylation is 1. The molecule has 3 rings (SSSR count). The summed E-state index contributed by atoms with van der Waals surface area (Å²) in [6.45, 7) is 0. The van der Waals surface area contributed by atoms with E-state index in [-0.39, 0.29) is 11.3 Å². The lowest BCUT2D eigenvalue weighted by Crippen LogP contribution is -2.03. The maximum atomic E-state index is 11.7. The molecule has 23 heavy (non-hydrogen) atoms. The van der Waals surface area contributed by atoms with Crippen LogP contribution in [0.5, 0.6) is 5.75 Å². The predicted molar refractivity (Wildman–Crippen MR) is 95.2 cm³/mol. The highest BCUT2D eigenvalue weighted by atomic mass is 79.9. The molecule has 2 N–H and O–H groups in total. The first-order chi connectivity index (χ1) is 11.0. The smallest absolute Gasteiger partial charge is 0.338 e. The van der Waals surface area contributed by atoms with Crippen LogP contribution in [0.15, 0.2) is 51.8 Å². The van der Waals surface area contributed by atoms with Crippen molar-refractivity contribution in [2.75, 3.05) is 0 Å². The number of aromatic hydroxyl groups is 1. The summed E-state index contributed by atoms with van der Waals surface area (Å²) < 4.78 is 2.42. The number of halogens is 1. The van der Waals surface area contributed by atoms with Crippen molar-refractivity contribution in [2.24, 2.45) is 7.05 Å². The van der Waals surface area contributed by atoms with Crippen LogP contribution in [-0.2, 0) is 12.8 Å². The summed E-state index contributed by atoms with van der Waals surface area (Å²) in [6, 6.07) is 13.1. The summed E-state index contributed by atoms with van der Waals surface area (Å²) in [5, 5.41) is 20.0. The molecule has 118 valence electrons. The van der Waals surface area contributed by atoms with Crippen molar-refractivity contribution >= 4 is 44.6 Å². The van der Waals surface area contributed by atoms with Crippen LogP contribution in [0.3, 0.4) is 0 Å². The van der Waals surface area contributed by atoms with Gasteiger partial charge < -0.3 is 14.8 Å². The number of carbonyl (C=O) groups is 1. The van der Waals surface area contributed by atoms with E-state index in [4.69, 9.17) is 0 Å². The first-order valence-electron chi connectivity index (χ1n) is 6.90. The largest absolute Gasteiger partial charge is 0.507 e. The number of fused-ring (bicyclic) bond motifs is 1. The van der Waals surface area contributed by atoms with Gasteiger partial charge in [-0.15, -0.1) is 11.8 Å². The highest BCUT2D eigenvalue weighted by molar-refractivity contribution is 9.10. The van der Waals surface area contributed by atoms with Crippen molar-refractivity contribution < 1.29 is 15.0 Å². The molecule has 6 heteroatoms. The van der Waals surface area contributed by atoms with Gasteiger partial charge in [0.2, 0.25) is 0 Å². The van der Waals surface area contributed by atoms with Gasteiger partial charge in [-0.3, -0.25) is 0 Å². The summed E-state index contributed by atoms with van der Waals surface area (Å²) in [5.74, 6) is -0.413. The van der Waals surface area contributed by atoms with Gasteiger partial charge in [0.25, 0.3) is 0 Å². The van der Waals surface area contributed by atoms with Gasteiger partial charge >= 0.3 is 5.97 Å². The Morgan fingerprint density at radius 1 is 1.26 bits per heavy atom. The molecule has 4 nitrogen and oxygen atoms in total. The molecule has 0 saturated carbocycles. The van der Waals surface area contributed by atoms with E-state index in [0.29, 0.717) is 15.6 Å². The molecule has 0 fully saturated rings. The van der Waals surface area contributed by atoms with E-state index in [0.717, 1.165) is 16.1 Å². The molecule has 0 unspecified atom stereocenters. The van der Waals surface area contributed by atoms with Gasteiger partial charge in [0.1, 0.15) is 5.75 Å². The second kappa shape index (κ2) is 6.29. The average Bonchev–Trinajstić information content (AvgIpc) is 2.79. The number of hydrogen-bond acceptors (Lipinski definition) is 3. The topological polar surface area (TPSA) is 62.5 Å². The highest BCUT2D eigenvalue weighted by Crippen LogP contribution is 2.36. The molecule has 0 saturated heterocycles. The Kier molecular flexibility index (Phi) is 4.37. The molecule has 3 aromatic rings. The van der Waals surface area contributed by atoms with Crippen LogP contribution in [0.25, 0.3) is 10.9 Å². The minimum atomic E-state index is -0.985. The van der Waals surface area contributed by atoms with Crippen molar-refractivity contribution in [2.45, 2.75) is 10.6 Å². The van der Waals surface area contributed by atoms with Gasteiger partial charge in [-0.1, -0.05) is 18.2 Å². The van der Waals surface area contributed by atoms with Crippen LogP contribution in [0.2, 0.25) is 0 Å². The van der Waals surface area contributed by atoms with E-state index >= 15 is 0 Å². The van der Waals surface area contributed by atoms with Gasteiger partial charge in [-0.25, -0.2) is 4.79 Å². The predicted octanol–water partition coefficient (Wildman–Crippen LogP) is 4.64. The van der Waals surface area contributed by atoms with Crippen LogP contribution >= 0.6 is 27.7 Å². The lowest BCUT2D eigenvalue weighted by Gasteiger charge is -2.06. The first kappa shape index (κ1) is 16.0. The Balaban J connectivity index is 2.10. The summed E-state index contributed by atoms with van der Waals surface area (Å²) in [6.07, 6.45) is 0. The zero-order valence-corrected chi connectivity index (χ0v) is 14.7. The number of nitrogens with zero attached hydrogens (tertiary/aromatic N) is 1.